The Kier molecular flexibility index (Phi) is 2.74. The van der Waals surface area contributed by atoms with Crippen molar-refractivity contribution in [1.82, 2.24) is 0 Å². The van der Waals surface area contributed by atoms with Gasteiger partial charge in [-0.2, -0.15) is 0 Å². The van der Waals surface area contributed by atoms with Gasteiger partial charge in [-0.15, -0.1) is 0 Å². The van der Waals surface area contributed by atoms with Gasteiger partial charge in [-0.25, -0.2) is 0 Å². The highest BCUT2D eigenvalue weighted by atomic mass is 16.5. The maximum absolute atomic E-state index is 12.0. The SMILES string of the molecule is O=C(OC1CC2C=CC1C2)C1CCCCC1. The Labute approximate surface area is 97.1 Å². The number of hydrogen-bond acceptors (Lipinski definition) is 2. The van der Waals surface area contributed by atoms with Gasteiger partial charge in [0.2, 0.25) is 0 Å². The smallest absolute Gasteiger partial charge is 0.309 e. The topological polar surface area (TPSA) is 26.3 Å². The van der Waals surface area contributed by atoms with Gasteiger partial charge >= 0.3 is 5.97 Å². The molecule has 0 aliphatic heterocycles. The van der Waals surface area contributed by atoms with E-state index in [-0.39, 0.29) is 18.0 Å². The average molecular weight is 220 g/mol. The molecule has 2 heteroatoms. The first-order valence-corrected chi connectivity index (χ1v) is 6.72. The molecule has 3 aliphatic carbocycles. The average Bonchev–Trinajstić information content (AvgIpc) is 2.92. The molecule has 2 fully saturated rings. The van der Waals surface area contributed by atoms with Crippen LogP contribution in [0.2, 0.25) is 0 Å². The zero-order valence-corrected chi connectivity index (χ0v) is 9.73. The summed E-state index contributed by atoms with van der Waals surface area (Å²) in [6.07, 6.45) is 12.8. The maximum Gasteiger partial charge on any atom is 0.309 e. The number of ether oxygens (including phenoxy) is 1. The lowest BCUT2D eigenvalue weighted by atomic mass is 9.89. The minimum Gasteiger partial charge on any atom is -0.462 e. The van der Waals surface area contributed by atoms with Crippen molar-refractivity contribution in [2.45, 2.75) is 51.0 Å². The van der Waals surface area contributed by atoms with Crippen molar-refractivity contribution in [1.29, 1.82) is 0 Å². The van der Waals surface area contributed by atoms with Crippen LogP contribution in [0.5, 0.6) is 0 Å². The normalized spacial score (nSPS) is 37.9. The molecule has 0 saturated heterocycles. The van der Waals surface area contributed by atoms with Crippen LogP contribution in [0.25, 0.3) is 0 Å². The van der Waals surface area contributed by atoms with Gasteiger partial charge < -0.3 is 4.74 Å². The fourth-order valence-electron chi connectivity index (χ4n) is 3.45. The van der Waals surface area contributed by atoms with Crippen molar-refractivity contribution in [2.75, 3.05) is 0 Å². The minimum atomic E-state index is 0.0886. The summed E-state index contributed by atoms with van der Waals surface area (Å²) in [5, 5.41) is 0. The molecule has 16 heavy (non-hydrogen) atoms. The van der Waals surface area contributed by atoms with Crippen LogP contribution in [0, 0.1) is 17.8 Å². The first-order valence-electron chi connectivity index (χ1n) is 6.72. The number of esters is 1. The Morgan fingerprint density at radius 1 is 1.06 bits per heavy atom. The fourth-order valence-corrected chi connectivity index (χ4v) is 3.45. The Morgan fingerprint density at radius 3 is 2.50 bits per heavy atom. The molecule has 0 heterocycles. The minimum absolute atomic E-state index is 0.0886. The van der Waals surface area contributed by atoms with E-state index in [9.17, 15) is 4.79 Å². The molecule has 3 atom stereocenters. The van der Waals surface area contributed by atoms with E-state index in [0.29, 0.717) is 11.8 Å². The van der Waals surface area contributed by atoms with Crippen molar-refractivity contribution >= 4 is 5.97 Å². The zero-order chi connectivity index (χ0) is 11.0. The van der Waals surface area contributed by atoms with Gasteiger partial charge in [0.05, 0.1) is 5.92 Å². The van der Waals surface area contributed by atoms with Gasteiger partial charge in [-0.3, -0.25) is 4.79 Å². The molecule has 0 aromatic rings. The molecule has 0 N–H and O–H groups in total. The highest BCUT2D eigenvalue weighted by Crippen LogP contribution is 2.41. The number of carbonyl (C=O) groups is 1. The van der Waals surface area contributed by atoms with E-state index in [2.05, 4.69) is 12.2 Å². The van der Waals surface area contributed by atoms with Gasteiger partial charge in [0.25, 0.3) is 0 Å². The third kappa shape index (κ3) is 1.90. The van der Waals surface area contributed by atoms with E-state index in [4.69, 9.17) is 4.74 Å². The molecule has 0 aromatic carbocycles. The van der Waals surface area contributed by atoms with E-state index in [0.717, 1.165) is 19.3 Å². The van der Waals surface area contributed by atoms with E-state index in [1.165, 1.54) is 25.7 Å². The number of hydrogen-bond donors (Lipinski definition) is 0. The van der Waals surface area contributed by atoms with E-state index < -0.39 is 0 Å². The van der Waals surface area contributed by atoms with Crippen molar-refractivity contribution in [2.24, 2.45) is 17.8 Å². The number of rotatable bonds is 2. The summed E-state index contributed by atoms with van der Waals surface area (Å²) in [5.41, 5.74) is 0. The predicted octanol–water partition coefficient (Wildman–Crippen LogP) is 3.07. The summed E-state index contributed by atoms with van der Waals surface area (Å²) in [4.78, 5) is 12.0. The molecule has 0 aromatic heterocycles. The second kappa shape index (κ2) is 4.23. The number of allylic oxidation sites excluding steroid dienone is 1. The largest absolute Gasteiger partial charge is 0.462 e. The predicted molar refractivity (Wildman–Crippen MR) is 61.8 cm³/mol. The van der Waals surface area contributed by atoms with Gasteiger partial charge in [0.15, 0.2) is 0 Å². The third-order valence-electron chi connectivity index (χ3n) is 4.42. The number of fused-ring (bicyclic) bond motifs is 2. The molecule has 3 aliphatic rings. The van der Waals surface area contributed by atoms with E-state index in [1.54, 1.807) is 0 Å². The third-order valence-corrected chi connectivity index (χ3v) is 4.42. The molecule has 0 amide bonds. The summed E-state index contributed by atoms with van der Waals surface area (Å²) in [6.45, 7) is 0. The lowest BCUT2D eigenvalue weighted by Gasteiger charge is -2.24. The molecular weight excluding hydrogens is 200 g/mol. The van der Waals surface area contributed by atoms with Crippen molar-refractivity contribution in [3.05, 3.63) is 12.2 Å². The molecule has 3 rings (SSSR count). The van der Waals surface area contributed by atoms with Gasteiger partial charge in [0.1, 0.15) is 6.10 Å². The van der Waals surface area contributed by atoms with E-state index >= 15 is 0 Å². The van der Waals surface area contributed by atoms with Crippen molar-refractivity contribution in [3.8, 4) is 0 Å². The van der Waals surface area contributed by atoms with Crippen molar-refractivity contribution in [3.63, 3.8) is 0 Å². The zero-order valence-electron chi connectivity index (χ0n) is 9.73. The van der Waals surface area contributed by atoms with Gasteiger partial charge in [-0.1, -0.05) is 31.4 Å². The molecule has 2 bridgehead atoms. The summed E-state index contributed by atoms with van der Waals surface area (Å²) in [5.74, 6) is 1.51. The molecule has 3 unspecified atom stereocenters. The van der Waals surface area contributed by atoms with Crippen LogP contribution in [0.1, 0.15) is 44.9 Å². The Balaban J connectivity index is 1.54. The second-order valence-electron chi connectivity index (χ2n) is 5.59. The first-order chi connectivity index (χ1) is 7.83. The summed E-state index contributed by atoms with van der Waals surface area (Å²) >= 11 is 0. The Bertz CT molecular complexity index is 302. The Morgan fingerprint density at radius 2 is 1.88 bits per heavy atom. The lowest BCUT2D eigenvalue weighted by molar-refractivity contribution is -0.156. The quantitative estimate of drug-likeness (QED) is 0.528. The molecule has 88 valence electrons. The van der Waals surface area contributed by atoms with Crippen LogP contribution in [0.4, 0.5) is 0 Å². The lowest BCUT2D eigenvalue weighted by Crippen LogP contribution is -2.28. The molecule has 2 nitrogen and oxygen atoms in total. The molecular formula is C14H20O2. The van der Waals surface area contributed by atoms with Gasteiger partial charge in [0, 0.05) is 5.92 Å². The maximum atomic E-state index is 12.0. The molecule has 0 radical (unpaired) electrons. The fraction of sp³-hybridized carbons (Fsp3) is 0.786. The van der Waals surface area contributed by atoms with Crippen LogP contribution in [-0.4, -0.2) is 12.1 Å². The van der Waals surface area contributed by atoms with Crippen LogP contribution >= 0.6 is 0 Å². The summed E-state index contributed by atoms with van der Waals surface area (Å²) < 4.78 is 5.69. The van der Waals surface area contributed by atoms with Gasteiger partial charge in [-0.05, 0) is 31.6 Å². The Hall–Kier alpha value is -0.790. The monoisotopic (exact) mass is 220 g/mol. The van der Waals surface area contributed by atoms with Crippen LogP contribution in [-0.2, 0) is 9.53 Å². The highest BCUT2D eigenvalue weighted by molar-refractivity contribution is 5.72. The van der Waals surface area contributed by atoms with Crippen LogP contribution in [0.15, 0.2) is 12.2 Å². The van der Waals surface area contributed by atoms with E-state index in [1.807, 2.05) is 0 Å². The van der Waals surface area contributed by atoms with Crippen molar-refractivity contribution < 1.29 is 9.53 Å². The number of carbonyl (C=O) groups excluding carboxylic acids is 1. The summed E-state index contributed by atoms with van der Waals surface area (Å²) in [6, 6.07) is 0. The first kappa shape index (κ1) is 10.4. The summed E-state index contributed by atoms with van der Waals surface area (Å²) in [7, 11) is 0. The second-order valence-corrected chi connectivity index (χ2v) is 5.59. The van der Waals surface area contributed by atoms with Crippen LogP contribution < -0.4 is 0 Å². The van der Waals surface area contributed by atoms with Crippen LogP contribution in [0.3, 0.4) is 0 Å². The highest BCUT2D eigenvalue weighted by Gasteiger charge is 2.39. The molecule has 2 saturated carbocycles. The molecule has 0 spiro atoms. The standard InChI is InChI=1S/C14H20O2/c15-14(11-4-2-1-3-5-11)16-13-9-10-6-7-12(13)8-10/h6-7,10-13H,1-5,8-9H2.